The molecule has 0 aliphatic carbocycles. The number of hydrogen-bond donors (Lipinski definition) is 0. The summed E-state index contributed by atoms with van der Waals surface area (Å²) in [6, 6.07) is 12.1. The Labute approximate surface area is 129 Å². The maximum atomic E-state index is 4.99. The van der Waals surface area contributed by atoms with Gasteiger partial charge in [0.2, 0.25) is 0 Å². The molecule has 0 saturated carbocycles. The molecule has 0 bridgehead atoms. The quantitative estimate of drug-likeness (QED) is 0.350. The van der Waals surface area contributed by atoms with Crippen LogP contribution in [0.25, 0.3) is 21.8 Å². The molecule has 0 spiro atoms. The van der Waals surface area contributed by atoms with Crippen molar-refractivity contribution in [3.63, 3.8) is 0 Å². The number of pyridine rings is 2. The van der Waals surface area contributed by atoms with Crippen LogP contribution in [0, 0.1) is 0 Å². The second-order valence-corrected chi connectivity index (χ2v) is 18.4. The average Bonchev–Trinajstić information content (AvgIpc) is 2.37. The Kier molecular flexibility index (Phi) is 5.22. The molecule has 0 atom stereocenters. The van der Waals surface area contributed by atoms with Crippen LogP contribution in [0.2, 0.25) is 0 Å². The van der Waals surface area contributed by atoms with E-state index >= 15 is 0 Å². The van der Waals surface area contributed by atoms with Gasteiger partial charge in [-0.2, -0.15) is 0 Å². The van der Waals surface area contributed by atoms with Crippen molar-refractivity contribution in [2.75, 3.05) is 0 Å². The average molecular weight is 425 g/mol. The third-order valence-corrected chi connectivity index (χ3v) is 2.34. The summed E-state index contributed by atoms with van der Waals surface area (Å²) in [5.41, 5.74) is 1.95. The van der Waals surface area contributed by atoms with Crippen LogP contribution in [0.5, 0.6) is 0 Å². The van der Waals surface area contributed by atoms with Gasteiger partial charge < -0.3 is 0 Å². The van der Waals surface area contributed by atoms with E-state index in [1.54, 1.807) is 12.4 Å². The second-order valence-electron chi connectivity index (χ2n) is 3.50. The summed E-state index contributed by atoms with van der Waals surface area (Å²) >= 11 is 0. The van der Waals surface area contributed by atoms with Crippen molar-refractivity contribution in [2.24, 2.45) is 0 Å². The minimum atomic E-state index is -2.89. The number of rotatable bonds is 0. The first-order valence-corrected chi connectivity index (χ1v) is 13.5. The Hall–Kier alpha value is -0.177. The van der Waals surface area contributed by atoms with Crippen LogP contribution in [-0.4, -0.2) is 9.97 Å². The summed E-state index contributed by atoms with van der Waals surface area (Å²) in [7, 11) is 17.1. The van der Waals surface area contributed by atoms with Gasteiger partial charge in [-0.15, -0.1) is 0 Å². The van der Waals surface area contributed by atoms with Gasteiger partial charge in [0.15, 0.2) is 0 Å². The molecule has 7 heteroatoms. The van der Waals surface area contributed by atoms with Crippen LogP contribution >= 0.6 is 38.8 Å². The zero-order valence-electron chi connectivity index (χ0n) is 9.36. The molecular weight excluding hydrogens is 417 g/mol. The van der Waals surface area contributed by atoms with Crippen LogP contribution < -0.4 is 0 Å². The minimum absolute atomic E-state index is 0.977. The Morgan fingerprint density at radius 1 is 0.684 bits per heavy atom. The van der Waals surface area contributed by atoms with Gasteiger partial charge in [0.05, 0.1) is 11.0 Å². The van der Waals surface area contributed by atoms with Gasteiger partial charge in [0.25, 0.3) is 0 Å². The van der Waals surface area contributed by atoms with Gasteiger partial charge in [0.1, 0.15) is 0 Å². The molecular formula is C12H8Cl4N2Rh. The van der Waals surface area contributed by atoms with E-state index in [4.69, 9.17) is 38.8 Å². The molecule has 0 unspecified atom stereocenters. The molecule has 2 aromatic heterocycles. The zero-order chi connectivity index (χ0) is 13.9. The number of fused-ring (bicyclic) bond motifs is 3. The van der Waals surface area contributed by atoms with E-state index in [0.29, 0.717) is 0 Å². The van der Waals surface area contributed by atoms with Gasteiger partial charge in [-0.1, -0.05) is 24.3 Å². The van der Waals surface area contributed by atoms with E-state index in [0.717, 1.165) is 21.8 Å². The van der Waals surface area contributed by atoms with Gasteiger partial charge >= 0.3 is 49.6 Å². The smallest absolute Gasteiger partial charge is 0.0964 e. The van der Waals surface area contributed by atoms with Crippen LogP contribution in [0.4, 0.5) is 0 Å². The van der Waals surface area contributed by atoms with Gasteiger partial charge in [-0.05, 0) is 12.1 Å². The normalized spacial score (nSPS) is 12.0. The molecule has 0 aliphatic rings. The van der Waals surface area contributed by atoms with E-state index in [-0.39, 0.29) is 0 Å². The molecule has 2 heterocycles. The zero-order valence-corrected chi connectivity index (χ0v) is 14.0. The first kappa shape index (κ1) is 15.2. The molecule has 0 amide bonds. The fraction of sp³-hybridized carbons (Fsp3) is 0. The molecule has 1 aromatic carbocycles. The van der Waals surface area contributed by atoms with Crippen molar-refractivity contribution in [1.29, 1.82) is 0 Å². The Morgan fingerprint density at radius 2 is 1.05 bits per heavy atom. The first-order chi connectivity index (χ1) is 8.95. The first-order valence-electron chi connectivity index (χ1n) is 5.04. The number of hydrogen-bond acceptors (Lipinski definition) is 2. The molecule has 3 aromatic rings. The van der Waals surface area contributed by atoms with Crippen LogP contribution in [0.3, 0.4) is 0 Å². The van der Waals surface area contributed by atoms with E-state index in [1.807, 2.05) is 12.1 Å². The Morgan fingerprint density at radius 3 is 1.42 bits per heavy atom. The molecule has 3 rings (SSSR count). The monoisotopic (exact) mass is 423 g/mol. The summed E-state index contributed by atoms with van der Waals surface area (Å²) in [4.78, 5) is 8.69. The molecule has 2 nitrogen and oxygen atoms in total. The predicted octanol–water partition coefficient (Wildman–Crippen LogP) is 5.54. The van der Waals surface area contributed by atoms with E-state index < -0.39 is 10.8 Å². The van der Waals surface area contributed by atoms with Crippen molar-refractivity contribution >= 4 is 60.6 Å². The topological polar surface area (TPSA) is 25.8 Å². The number of halogens is 4. The molecule has 103 valence electrons. The molecule has 19 heavy (non-hydrogen) atoms. The Balaban J connectivity index is 0.000000232. The maximum absolute atomic E-state index is 4.99. The molecule has 0 radical (unpaired) electrons. The van der Waals surface area contributed by atoms with Crippen molar-refractivity contribution < 1.29 is 10.8 Å². The molecule has 0 N–H and O–H groups in total. The molecule has 0 saturated heterocycles. The van der Waals surface area contributed by atoms with Gasteiger partial charge in [0, 0.05) is 23.2 Å². The van der Waals surface area contributed by atoms with E-state index in [2.05, 4.69) is 34.2 Å². The van der Waals surface area contributed by atoms with Crippen LogP contribution in [-0.2, 0) is 10.8 Å². The fourth-order valence-corrected chi connectivity index (χ4v) is 1.68. The summed E-state index contributed by atoms with van der Waals surface area (Å²) in [5, 5.41) is 2.28. The number of nitrogens with zero attached hydrogens (tertiary/aromatic N) is 2. The van der Waals surface area contributed by atoms with Crippen molar-refractivity contribution in [1.82, 2.24) is 9.97 Å². The molecule has 0 aliphatic heterocycles. The largest absolute Gasteiger partial charge is 0.254 e. The minimum Gasteiger partial charge on any atom is -0.254 e. The maximum Gasteiger partial charge on any atom is 0.0964 e. The SMILES string of the molecule is [Cl][Rh]([Cl])([Cl])[Cl].c1cnc2c(c1)ccc1cccnc12. The number of aromatic nitrogens is 2. The van der Waals surface area contributed by atoms with E-state index in [1.165, 1.54) is 0 Å². The third-order valence-electron chi connectivity index (χ3n) is 2.34. The summed E-state index contributed by atoms with van der Waals surface area (Å²) < 4.78 is 0. The second kappa shape index (κ2) is 6.52. The van der Waals surface area contributed by atoms with Crippen LogP contribution in [0.1, 0.15) is 0 Å². The van der Waals surface area contributed by atoms with Crippen LogP contribution in [0.15, 0.2) is 48.8 Å². The fourth-order valence-electron chi connectivity index (χ4n) is 1.68. The summed E-state index contributed by atoms with van der Waals surface area (Å²) in [6.07, 6.45) is 3.60. The van der Waals surface area contributed by atoms with Gasteiger partial charge in [-0.25, -0.2) is 0 Å². The predicted molar refractivity (Wildman–Crippen MR) is 80.5 cm³/mol. The van der Waals surface area contributed by atoms with Gasteiger partial charge in [-0.3, -0.25) is 9.97 Å². The summed E-state index contributed by atoms with van der Waals surface area (Å²) in [5.74, 6) is 0. The third kappa shape index (κ3) is 4.70. The van der Waals surface area contributed by atoms with E-state index in [9.17, 15) is 0 Å². The Bertz CT molecular complexity index is 639. The van der Waals surface area contributed by atoms with Crippen molar-refractivity contribution in [2.45, 2.75) is 0 Å². The standard InChI is InChI=1S/C12H8N2.4ClH.Rh/c1-3-9-5-6-10-4-2-8-14-12(10)11(9)13-7-1;;;;;/h1-8H;4*1H;/q;;;;;+4/p-4. The van der Waals surface area contributed by atoms with Crippen molar-refractivity contribution in [3.8, 4) is 0 Å². The van der Waals surface area contributed by atoms with Crippen molar-refractivity contribution in [3.05, 3.63) is 48.8 Å². The number of benzene rings is 1. The summed E-state index contributed by atoms with van der Waals surface area (Å²) in [6.45, 7) is 0. The molecule has 0 fully saturated rings.